The van der Waals surface area contributed by atoms with Crippen molar-refractivity contribution >= 4 is 50.7 Å². The summed E-state index contributed by atoms with van der Waals surface area (Å²) in [7, 11) is -3.80. The molecule has 0 aliphatic carbocycles. The van der Waals surface area contributed by atoms with E-state index >= 15 is 0 Å². The zero-order valence-corrected chi connectivity index (χ0v) is 24.0. The molecule has 36 heavy (non-hydrogen) atoms. The van der Waals surface area contributed by atoms with Crippen molar-refractivity contribution in [2.45, 2.75) is 59.0 Å². The molecule has 2 amide bonds. The van der Waals surface area contributed by atoms with Crippen LogP contribution in [0.15, 0.2) is 42.5 Å². The van der Waals surface area contributed by atoms with Gasteiger partial charge in [-0.2, -0.15) is 0 Å². The van der Waals surface area contributed by atoms with Gasteiger partial charge in [0.1, 0.15) is 12.6 Å². The van der Waals surface area contributed by atoms with E-state index in [2.05, 4.69) is 26.1 Å². The molecule has 0 unspecified atom stereocenters. The standard InChI is InChI=1S/C26H35Cl2N3O4S/c1-7-23(25(33)29-8-2)30(16-18-9-12-20(27)15-22(18)28)24(32)17-31(36(6,34)35)21-13-10-19(11-14-21)26(3,4)5/h9-15,23H,7-8,16-17H2,1-6H3,(H,29,33)/t23-/m0/s1. The van der Waals surface area contributed by atoms with Gasteiger partial charge in [0.25, 0.3) is 0 Å². The first-order valence-electron chi connectivity index (χ1n) is 11.8. The largest absolute Gasteiger partial charge is 0.355 e. The number of nitrogens with one attached hydrogen (secondary N) is 1. The van der Waals surface area contributed by atoms with Crippen LogP contribution in [0.25, 0.3) is 0 Å². The van der Waals surface area contributed by atoms with E-state index in [0.717, 1.165) is 16.1 Å². The molecular formula is C26H35Cl2N3O4S. The van der Waals surface area contributed by atoms with Crippen molar-refractivity contribution < 1.29 is 18.0 Å². The third-order valence-corrected chi connectivity index (χ3v) is 7.52. The van der Waals surface area contributed by atoms with E-state index < -0.39 is 28.5 Å². The Morgan fingerprint density at radius 1 is 1.03 bits per heavy atom. The monoisotopic (exact) mass is 555 g/mol. The first-order valence-corrected chi connectivity index (χ1v) is 14.4. The van der Waals surface area contributed by atoms with Crippen LogP contribution in [0.2, 0.25) is 10.0 Å². The fourth-order valence-corrected chi connectivity index (χ4v) is 5.10. The molecule has 0 saturated heterocycles. The summed E-state index contributed by atoms with van der Waals surface area (Å²) in [5.41, 5.74) is 1.89. The summed E-state index contributed by atoms with van der Waals surface area (Å²) in [5.74, 6) is -0.844. The first-order chi connectivity index (χ1) is 16.7. The number of halogens is 2. The molecule has 2 aromatic rings. The highest BCUT2D eigenvalue weighted by molar-refractivity contribution is 7.92. The van der Waals surface area contributed by atoms with E-state index in [0.29, 0.717) is 34.3 Å². The third-order valence-electron chi connectivity index (χ3n) is 5.79. The van der Waals surface area contributed by atoms with Crippen LogP contribution < -0.4 is 9.62 Å². The zero-order chi connectivity index (χ0) is 27.3. The second-order valence-electron chi connectivity index (χ2n) is 9.64. The molecule has 7 nitrogen and oxygen atoms in total. The van der Waals surface area contributed by atoms with Crippen LogP contribution in [-0.4, -0.2) is 50.5 Å². The molecule has 0 spiro atoms. The van der Waals surface area contributed by atoms with E-state index in [9.17, 15) is 18.0 Å². The number of benzene rings is 2. The topological polar surface area (TPSA) is 86.8 Å². The Bertz CT molecular complexity index is 1180. The molecule has 0 fully saturated rings. The fourth-order valence-electron chi connectivity index (χ4n) is 3.79. The van der Waals surface area contributed by atoms with Crippen LogP contribution in [0.4, 0.5) is 5.69 Å². The summed E-state index contributed by atoms with van der Waals surface area (Å²) in [6.45, 7) is 9.72. The quantitative estimate of drug-likeness (QED) is 0.446. The van der Waals surface area contributed by atoms with Crippen LogP contribution in [0, 0.1) is 0 Å². The second-order valence-corrected chi connectivity index (χ2v) is 12.4. The van der Waals surface area contributed by atoms with Gasteiger partial charge in [-0.1, -0.05) is 69.1 Å². The molecule has 0 aliphatic heterocycles. The third kappa shape index (κ3) is 7.85. The summed E-state index contributed by atoms with van der Waals surface area (Å²) in [4.78, 5) is 27.9. The van der Waals surface area contributed by atoms with Gasteiger partial charge in [0.15, 0.2) is 0 Å². The molecule has 0 saturated carbocycles. The first kappa shape index (κ1) is 29.9. The molecule has 1 N–H and O–H groups in total. The number of sulfonamides is 1. The van der Waals surface area contributed by atoms with E-state index in [1.165, 1.54) is 4.90 Å². The van der Waals surface area contributed by atoms with Crippen molar-refractivity contribution in [2.75, 3.05) is 23.7 Å². The lowest BCUT2D eigenvalue weighted by Crippen LogP contribution is -2.52. The minimum atomic E-state index is -3.80. The Labute approximate surface area is 224 Å². The molecule has 2 rings (SSSR count). The van der Waals surface area contributed by atoms with E-state index in [1.54, 1.807) is 44.2 Å². The lowest BCUT2D eigenvalue weighted by Gasteiger charge is -2.33. The predicted molar refractivity (Wildman–Crippen MR) is 147 cm³/mol. The Morgan fingerprint density at radius 3 is 2.11 bits per heavy atom. The van der Waals surface area contributed by atoms with Gasteiger partial charge in [0, 0.05) is 23.1 Å². The van der Waals surface area contributed by atoms with Crippen LogP contribution >= 0.6 is 23.2 Å². The van der Waals surface area contributed by atoms with Crippen molar-refractivity contribution in [2.24, 2.45) is 0 Å². The van der Waals surface area contributed by atoms with Crippen LogP contribution in [0.1, 0.15) is 52.2 Å². The minimum absolute atomic E-state index is 0.0189. The average Bonchev–Trinajstić information content (AvgIpc) is 2.77. The number of rotatable bonds is 10. The maximum absolute atomic E-state index is 13.7. The smallest absolute Gasteiger partial charge is 0.244 e. The number of hydrogen-bond donors (Lipinski definition) is 1. The van der Waals surface area contributed by atoms with Crippen LogP contribution in [0.3, 0.4) is 0 Å². The van der Waals surface area contributed by atoms with Gasteiger partial charge >= 0.3 is 0 Å². The normalized spacial score (nSPS) is 12.7. The highest BCUT2D eigenvalue weighted by Crippen LogP contribution is 2.27. The van der Waals surface area contributed by atoms with Crippen molar-refractivity contribution in [1.29, 1.82) is 0 Å². The molecule has 198 valence electrons. The summed E-state index contributed by atoms with van der Waals surface area (Å²) < 4.78 is 26.5. The number of amides is 2. The maximum atomic E-state index is 13.7. The Morgan fingerprint density at radius 2 is 1.64 bits per heavy atom. The van der Waals surface area contributed by atoms with Gasteiger partial charge in [-0.25, -0.2) is 8.42 Å². The number of carbonyl (C=O) groups excluding carboxylic acids is 2. The van der Waals surface area contributed by atoms with Gasteiger partial charge in [0.05, 0.1) is 11.9 Å². The molecule has 2 aromatic carbocycles. The highest BCUT2D eigenvalue weighted by Gasteiger charge is 2.32. The Hall–Kier alpha value is -2.29. The van der Waals surface area contributed by atoms with E-state index in [1.807, 2.05) is 12.1 Å². The van der Waals surface area contributed by atoms with E-state index in [4.69, 9.17) is 23.2 Å². The van der Waals surface area contributed by atoms with E-state index in [-0.39, 0.29) is 17.9 Å². The zero-order valence-electron chi connectivity index (χ0n) is 21.6. The molecule has 0 bridgehead atoms. The maximum Gasteiger partial charge on any atom is 0.244 e. The molecule has 0 radical (unpaired) electrons. The highest BCUT2D eigenvalue weighted by atomic mass is 35.5. The fraction of sp³-hybridized carbons (Fsp3) is 0.462. The lowest BCUT2D eigenvalue weighted by molar-refractivity contribution is -0.140. The van der Waals surface area contributed by atoms with Crippen LogP contribution in [0.5, 0.6) is 0 Å². The van der Waals surface area contributed by atoms with Crippen molar-refractivity contribution in [3.8, 4) is 0 Å². The number of anilines is 1. The summed E-state index contributed by atoms with van der Waals surface area (Å²) >= 11 is 12.4. The molecule has 1 atom stereocenters. The van der Waals surface area contributed by atoms with Gasteiger partial charge in [-0.15, -0.1) is 0 Å². The summed E-state index contributed by atoms with van der Waals surface area (Å²) in [6.07, 6.45) is 1.39. The van der Waals surface area contributed by atoms with Gasteiger partial charge < -0.3 is 10.2 Å². The second kappa shape index (κ2) is 12.3. The molecule has 0 aliphatic rings. The number of hydrogen-bond acceptors (Lipinski definition) is 4. The van der Waals surface area contributed by atoms with Crippen LogP contribution in [-0.2, 0) is 31.6 Å². The average molecular weight is 557 g/mol. The molecular weight excluding hydrogens is 521 g/mol. The molecule has 10 heteroatoms. The van der Waals surface area contributed by atoms with Gasteiger partial charge in [0.2, 0.25) is 21.8 Å². The minimum Gasteiger partial charge on any atom is -0.355 e. The van der Waals surface area contributed by atoms with Gasteiger partial charge in [-0.3, -0.25) is 13.9 Å². The summed E-state index contributed by atoms with van der Waals surface area (Å²) in [5, 5.41) is 3.55. The molecule has 0 heterocycles. The molecule has 0 aromatic heterocycles. The summed E-state index contributed by atoms with van der Waals surface area (Å²) in [6, 6.07) is 11.2. The van der Waals surface area contributed by atoms with Crippen molar-refractivity contribution in [3.05, 3.63) is 63.6 Å². The predicted octanol–water partition coefficient (Wildman–Crippen LogP) is 5.00. The lowest BCUT2D eigenvalue weighted by atomic mass is 9.87. The Kier molecular flexibility index (Phi) is 10.2. The number of nitrogens with zero attached hydrogens (tertiary/aromatic N) is 2. The van der Waals surface area contributed by atoms with Crippen molar-refractivity contribution in [1.82, 2.24) is 10.2 Å². The number of likely N-dealkylation sites (N-methyl/N-ethyl adjacent to an activating group) is 1. The van der Waals surface area contributed by atoms with Gasteiger partial charge in [-0.05, 0) is 54.2 Å². The number of carbonyl (C=O) groups is 2. The van der Waals surface area contributed by atoms with Crippen molar-refractivity contribution in [3.63, 3.8) is 0 Å². The SMILES string of the molecule is CCNC(=O)[C@H](CC)N(Cc1ccc(Cl)cc1Cl)C(=O)CN(c1ccc(C(C)(C)C)cc1)S(C)(=O)=O. The Balaban J connectivity index is 2.47.